The number of benzene rings is 1. The van der Waals surface area contributed by atoms with E-state index in [-0.39, 0.29) is 6.42 Å². The monoisotopic (exact) mass is 345 g/mol. The van der Waals surface area contributed by atoms with E-state index < -0.39 is 5.91 Å². The third kappa shape index (κ3) is 3.60. The van der Waals surface area contributed by atoms with Crippen molar-refractivity contribution in [3.05, 3.63) is 53.1 Å². The number of aromatic nitrogens is 6. The van der Waals surface area contributed by atoms with Crippen LogP contribution in [0.5, 0.6) is 0 Å². The molecule has 0 unspecified atom stereocenters. The summed E-state index contributed by atoms with van der Waals surface area (Å²) in [5.41, 5.74) is 7.07. The van der Waals surface area contributed by atoms with Gasteiger partial charge in [-0.3, -0.25) is 9.48 Å². The molecule has 0 saturated carbocycles. The summed E-state index contributed by atoms with van der Waals surface area (Å²) in [5, 5.41) is 9.15. The number of hydrogen-bond acceptors (Lipinski definition) is 5. The summed E-state index contributed by atoms with van der Waals surface area (Å²) >= 11 is 6.02. The molecular weight excluding hydrogens is 330 g/mol. The topological polar surface area (TPSA) is 105 Å². The van der Waals surface area contributed by atoms with E-state index >= 15 is 0 Å². The van der Waals surface area contributed by atoms with Crippen molar-refractivity contribution in [3.8, 4) is 5.69 Å². The highest BCUT2D eigenvalue weighted by Crippen LogP contribution is 2.20. The molecule has 1 aromatic carbocycles. The molecule has 2 N–H and O–H groups in total. The zero-order valence-electron chi connectivity index (χ0n) is 13.1. The van der Waals surface area contributed by atoms with Gasteiger partial charge in [-0.2, -0.15) is 10.2 Å². The lowest BCUT2D eigenvalue weighted by Crippen LogP contribution is -2.14. The molecule has 24 heavy (non-hydrogen) atoms. The van der Waals surface area contributed by atoms with E-state index in [4.69, 9.17) is 17.3 Å². The maximum absolute atomic E-state index is 11.2. The normalized spacial score (nSPS) is 10.9. The smallest absolute Gasteiger partial charge is 0.225 e. The van der Waals surface area contributed by atoms with Gasteiger partial charge in [0.1, 0.15) is 18.5 Å². The lowest BCUT2D eigenvalue weighted by Gasteiger charge is -2.09. The number of halogens is 1. The summed E-state index contributed by atoms with van der Waals surface area (Å²) in [6.45, 7) is 2.54. The van der Waals surface area contributed by atoms with E-state index in [9.17, 15) is 4.79 Å². The summed E-state index contributed by atoms with van der Waals surface area (Å²) in [7, 11) is 0. The standard InChI is InChI=1S/C15H16ClN7O/c1-10-6-11(16)2-3-12(10)23-15(4-5-22-9-18-8-19-22)20-14(21-23)7-13(17)24/h2-3,6,8-9H,4-5,7H2,1H3,(H2,17,24). The second kappa shape index (κ2) is 6.79. The van der Waals surface area contributed by atoms with Gasteiger partial charge in [0.15, 0.2) is 5.82 Å². The first-order valence-corrected chi connectivity index (χ1v) is 7.73. The molecule has 124 valence electrons. The van der Waals surface area contributed by atoms with Crippen molar-refractivity contribution in [1.29, 1.82) is 0 Å². The number of aryl methyl sites for hydroxylation is 3. The second-order valence-electron chi connectivity index (χ2n) is 5.34. The number of carbonyl (C=O) groups is 1. The highest BCUT2D eigenvalue weighted by Gasteiger charge is 2.15. The van der Waals surface area contributed by atoms with Gasteiger partial charge in [0.05, 0.1) is 12.1 Å². The maximum atomic E-state index is 11.2. The molecule has 3 rings (SSSR count). The van der Waals surface area contributed by atoms with Gasteiger partial charge in [-0.05, 0) is 30.7 Å². The van der Waals surface area contributed by atoms with E-state index in [1.807, 2.05) is 19.1 Å². The highest BCUT2D eigenvalue weighted by molar-refractivity contribution is 6.30. The Bertz CT molecular complexity index is 857. The van der Waals surface area contributed by atoms with Crippen molar-refractivity contribution >= 4 is 17.5 Å². The Labute approximate surface area is 143 Å². The zero-order chi connectivity index (χ0) is 17.1. The molecule has 3 aromatic rings. The summed E-state index contributed by atoms with van der Waals surface area (Å²) in [4.78, 5) is 19.5. The SMILES string of the molecule is Cc1cc(Cl)ccc1-n1nc(CC(N)=O)nc1CCn1cncn1. The first-order chi connectivity index (χ1) is 11.5. The van der Waals surface area contributed by atoms with E-state index in [0.29, 0.717) is 29.6 Å². The molecule has 1 amide bonds. The van der Waals surface area contributed by atoms with E-state index in [1.54, 1.807) is 21.8 Å². The van der Waals surface area contributed by atoms with Gasteiger partial charge in [0.2, 0.25) is 5.91 Å². The zero-order valence-corrected chi connectivity index (χ0v) is 13.8. The van der Waals surface area contributed by atoms with Crippen molar-refractivity contribution in [2.45, 2.75) is 26.3 Å². The lowest BCUT2D eigenvalue weighted by molar-refractivity contribution is -0.117. The van der Waals surface area contributed by atoms with Crippen molar-refractivity contribution < 1.29 is 4.79 Å². The second-order valence-corrected chi connectivity index (χ2v) is 5.77. The third-order valence-electron chi connectivity index (χ3n) is 3.47. The average Bonchev–Trinajstić information content (AvgIpc) is 3.14. The molecule has 0 atom stereocenters. The highest BCUT2D eigenvalue weighted by atomic mass is 35.5. The van der Waals surface area contributed by atoms with E-state index in [2.05, 4.69) is 20.2 Å². The van der Waals surface area contributed by atoms with Crippen molar-refractivity contribution in [1.82, 2.24) is 29.5 Å². The number of amides is 1. The van der Waals surface area contributed by atoms with Crippen molar-refractivity contribution in [3.63, 3.8) is 0 Å². The molecule has 0 saturated heterocycles. The fraction of sp³-hybridized carbons (Fsp3) is 0.267. The molecule has 0 radical (unpaired) electrons. The quantitative estimate of drug-likeness (QED) is 0.720. The van der Waals surface area contributed by atoms with Gasteiger partial charge < -0.3 is 5.73 Å². The van der Waals surface area contributed by atoms with Crippen LogP contribution in [0.15, 0.2) is 30.9 Å². The molecule has 0 aliphatic carbocycles. The molecule has 2 heterocycles. The van der Waals surface area contributed by atoms with Gasteiger partial charge in [0, 0.05) is 18.0 Å². The molecule has 9 heteroatoms. The Morgan fingerprint density at radius 3 is 2.88 bits per heavy atom. The fourth-order valence-electron chi connectivity index (χ4n) is 2.40. The number of primary amides is 1. The Balaban J connectivity index is 1.95. The van der Waals surface area contributed by atoms with Crippen LogP contribution < -0.4 is 5.73 Å². The van der Waals surface area contributed by atoms with Crippen LogP contribution in [0, 0.1) is 6.92 Å². The minimum Gasteiger partial charge on any atom is -0.369 e. The molecule has 0 bridgehead atoms. The van der Waals surface area contributed by atoms with Gasteiger partial charge in [-0.25, -0.2) is 14.6 Å². The molecule has 0 aliphatic rings. The van der Waals surface area contributed by atoms with Gasteiger partial charge in [0.25, 0.3) is 0 Å². The predicted molar refractivity (Wildman–Crippen MR) is 87.7 cm³/mol. The Morgan fingerprint density at radius 2 is 2.21 bits per heavy atom. The Kier molecular flexibility index (Phi) is 4.57. The Hall–Kier alpha value is -2.74. The van der Waals surface area contributed by atoms with Gasteiger partial charge in [-0.15, -0.1) is 0 Å². The lowest BCUT2D eigenvalue weighted by atomic mass is 10.2. The molecule has 0 aliphatic heterocycles. The van der Waals surface area contributed by atoms with Crippen LogP contribution in [0.3, 0.4) is 0 Å². The minimum atomic E-state index is -0.470. The number of hydrogen-bond donors (Lipinski definition) is 1. The molecule has 2 aromatic heterocycles. The summed E-state index contributed by atoms with van der Waals surface area (Å²) in [6.07, 6.45) is 3.69. The van der Waals surface area contributed by atoms with Crippen LogP contribution in [0.1, 0.15) is 17.2 Å². The van der Waals surface area contributed by atoms with Crippen molar-refractivity contribution in [2.24, 2.45) is 5.73 Å². The van der Waals surface area contributed by atoms with E-state index in [0.717, 1.165) is 11.3 Å². The predicted octanol–water partition coefficient (Wildman–Crippen LogP) is 1.09. The third-order valence-corrected chi connectivity index (χ3v) is 3.70. The summed E-state index contributed by atoms with van der Waals surface area (Å²) < 4.78 is 3.43. The Morgan fingerprint density at radius 1 is 1.38 bits per heavy atom. The molecular formula is C15H16ClN7O. The van der Waals surface area contributed by atoms with Crippen LogP contribution in [0.25, 0.3) is 5.69 Å². The van der Waals surface area contributed by atoms with Crippen LogP contribution in [-0.4, -0.2) is 35.4 Å². The van der Waals surface area contributed by atoms with Crippen LogP contribution in [0.4, 0.5) is 0 Å². The first kappa shape index (κ1) is 16.1. The fourth-order valence-corrected chi connectivity index (χ4v) is 2.62. The van der Waals surface area contributed by atoms with Gasteiger partial charge in [-0.1, -0.05) is 11.6 Å². The summed E-state index contributed by atoms with van der Waals surface area (Å²) in [5.74, 6) is 0.639. The number of nitrogens with two attached hydrogens (primary N) is 1. The molecule has 0 fully saturated rings. The minimum absolute atomic E-state index is 0.00401. The van der Waals surface area contributed by atoms with Crippen LogP contribution in [-0.2, 0) is 24.2 Å². The number of nitrogens with zero attached hydrogens (tertiary/aromatic N) is 6. The maximum Gasteiger partial charge on any atom is 0.225 e. The van der Waals surface area contributed by atoms with Crippen LogP contribution >= 0.6 is 11.6 Å². The average molecular weight is 346 g/mol. The molecule has 8 nitrogen and oxygen atoms in total. The van der Waals surface area contributed by atoms with E-state index in [1.165, 1.54) is 6.33 Å². The molecule has 0 spiro atoms. The van der Waals surface area contributed by atoms with Crippen LogP contribution in [0.2, 0.25) is 5.02 Å². The number of rotatable bonds is 6. The summed E-state index contributed by atoms with van der Waals surface area (Å²) in [6, 6.07) is 5.52. The largest absolute Gasteiger partial charge is 0.369 e. The number of carbonyl (C=O) groups excluding carboxylic acids is 1. The van der Waals surface area contributed by atoms with Gasteiger partial charge >= 0.3 is 0 Å². The first-order valence-electron chi connectivity index (χ1n) is 7.35. The van der Waals surface area contributed by atoms with Crippen molar-refractivity contribution in [2.75, 3.05) is 0 Å².